The van der Waals surface area contributed by atoms with E-state index in [1.165, 1.54) is 76.9 Å². The largest absolute Gasteiger partial charge is 0.309 e. The lowest BCUT2D eigenvalue weighted by molar-refractivity contribution is 0.843. The van der Waals surface area contributed by atoms with E-state index in [2.05, 4.69) is 144 Å². The standard InChI is InChI=1S/C42H26ClN/c43-42-32-17-7-6-16-30(32)39-37-28-15-5-4-13-26(28)21-22-31(37)29-18-10-20-35-38(29)41-36(24-23-33(42)40(39)41)44(35)34-19-9-8-14-27(34)25-11-2-1-3-12-25/h1-11,13-25H,12H2. The van der Waals surface area contributed by atoms with Crippen LogP contribution in [0.4, 0.5) is 0 Å². The lowest BCUT2D eigenvalue weighted by Crippen LogP contribution is -2.04. The van der Waals surface area contributed by atoms with E-state index >= 15 is 0 Å². The van der Waals surface area contributed by atoms with Crippen LogP contribution < -0.4 is 0 Å². The van der Waals surface area contributed by atoms with Gasteiger partial charge in [0.2, 0.25) is 0 Å². The highest BCUT2D eigenvalue weighted by Crippen LogP contribution is 2.55. The number of nitrogens with zero attached hydrogens (tertiary/aromatic N) is 1. The molecule has 1 aromatic heterocycles. The second kappa shape index (κ2) is 8.95. The van der Waals surface area contributed by atoms with E-state index in [0.717, 1.165) is 22.2 Å². The van der Waals surface area contributed by atoms with Gasteiger partial charge in [0.25, 0.3) is 0 Å². The molecule has 0 bridgehead atoms. The molecule has 0 saturated carbocycles. The highest BCUT2D eigenvalue weighted by molar-refractivity contribution is 6.46. The third kappa shape index (κ3) is 3.10. The predicted octanol–water partition coefficient (Wildman–Crippen LogP) is 12.1. The zero-order valence-corrected chi connectivity index (χ0v) is 24.6. The van der Waals surface area contributed by atoms with Crippen molar-refractivity contribution in [3.8, 4) is 27.9 Å². The van der Waals surface area contributed by atoms with E-state index in [0.29, 0.717) is 5.92 Å². The molecule has 0 radical (unpaired) electrons. The number of fused-ring (bicyclic) bond motifs is 7. The number of hydrogen-bond donors (Lipinski definition) is 0. The third-order valence-electron chi connectivity index (χ3n) is 9.90. The topological polar surface area (TPSA) is 4.93 Å². The average Bonchev–Trinajstić information content (AvgIpc) is 3.36. The summed E-state index contributed by atoms with van der Waals surface area (Å²) in [6, 6.07) is 42.4. The summed E-state index contributed by atoms with van der Waals surface area (Å²) in [5.41, 5.74) is 10.1. The maximum absolute atomic E-state index is 7.35. The molecule has 0 N–H and O–H groups in total. The minimum Gasteiger partial charge on any atom is -0.309 e. The third-order valence-corrected chi connectivity index (χ3v) is 10.3. The van der Waals surface area contributed by atoms with Crippen LogP contribution in [0, 0.1) is 0 Å². The summed E-state index contributed by atoms with van der Waals surface area (Å²) >= 11 is 7.35. The average molecular weight is 580 g/mol. The first-order chi connectivity index (χ1) is 21.8. The number of benzene rings is 7. The summed E-state index contributed by atoms with van der Waals surface area (Å²) in [6.45, 7) is 0. The molecule has 1 heterocycles. The van der Waals surface area contributed by atoms with E-state index in [-0.39, 0.29) is 0 Å². The maximum atomic E-state index is 7.35. The molecule has 0 aliphatic heterocycles. The van der Waals surface area contributed by atoms with Crippen LogP contribution in [0.5, 0.6) is 0 Å². The van der Waals surface area contributed by atoms with Crippen LogP contribution in [0.25, 0.3) is 82.1 Å². The van der Waals surface area contributed by atoms with Gasteiger partial charge in [-0.05, 0) is 68.6 Å². The van der Waals surface area contributed by atoms with E-state index in [1.54, 1.807) is 0 Å². The molecule has 2 aliphatic carbocycles. The first-order valence-electron chi connectivity index (χ1n) is 15.3. The molecular weight excluding hydrogens is 554 g/mol. The lowest BCUT2D eigenvalue weighted by atomic mass is 9.86. The van der Waals surface area contributed by atoms with Gasteiger partial charge in [-0.3, -0.25) is 0 Å². The normalized spacial score (nSPS) is 15.3. The molecule has 44 heavy (non-hydrogen) atoms. The van der Waals surface area contributed by atoms with Crippen molar-refractivity contribution in [3.05, 3.63) is 150 Å². The lowest BCUT2D eigenvalue weighted by Gasteiger charge is -2.21. The van der Waals surface area contributed by atoms with Crippen molar-refractivity contribution in [2.24, 2.45) is 0 Å². The van der Waals surface area contributed by atoms with E-state index in [4.69, 9.17) is 11.6 Å². The van der Waals surface area contributed by atoms with Crippen LogP contribution in [0.15, 0.2) is 140 Å². The van der Waals surface area contributed by atoms with Gasteiger partial charge in [0.15, 0.2) is 0 Å². The number of para-hydroxylation sites is 1. The van der Waals surface area contributed by atoms with Crippen molar-refractivity contribution in [3.63, 3.8) is 0 Å². The summed E-state index contributed by atoms with van der Waals surface area (Å²) in [6.07, 6.45) is 9.95. The minimum atomic E-state index is 0.335. The summed E-state index contributed by atoms with van der Waals surface area (Å²) in [4.78, 5) is 0. The Labute approximate surface area is 259 Å². The van der Waals surface area contributed by atoms with Gasteiger partial charge in [0.05, 0.1) is 16.1 Å². The Morgan fingerprint density at radius 3 is 2.23 bits per heavy atom. The van der Waals surface area contributed by atoms with E-state index < -0.39 is 0 Å². The number of hydrogen-bond acceptors (Lipinski definition) is 0. The van der Waals surface area contributed by atoms with Gasteiger partial charge in [-0.1, -0.05) is 133 Å². The molecule has 0 saturated heterocycles. The Bertz CT molecular complexity index is 2600. The fraction of sp³-hybridized carbons (Fsp3) is 0.0476. The highest BCUT2D eigenvalue weighted by Gasteiger charge is 2.29. The Morgan fingerprint density at radius 1 is 0.545 bits per heavy atom. The molecule has 1 nitrogen and oxygen atoms in total. The second-order valence-electron chi connectivity index (χ2n) is 12.1. The van der Waals surface area contributed by atoms with Crippen molar-refractivity contribution in [1.82, 2.24) is 4.57 Å². The van der Waals surface area contributed by atoms with Crippen molar-refractivity contribution in [1.29, 1.82) is 0 Å². The van der Waals surface area contributed by atoms with Gasteiger partial charge in [0, 0.05) is 38.5 Å². The second-order valence-corrected chi connectivity index (χ2v) is 12.5. The van der Waals surface area contributed by atoms with Crippen LogP contribution in [0.3, 0.4) is 0 Å². The zero-order chi connectivity index (χ0) is 28.9. The molecule has 7 aromatic carbocycles. The predicted molar refractivity (Wildman–Crippen MR) is 188 cm³/mol. The monoisotopic (exact) mass is 579 g/mol. The first kappa shape index (κ1) is 24.3. The molecule has 206 valence electrons. The van der Waals surface area contributed by atoms with Crippen LogP contribution in [-0.4, -0.2) is 4.57 Å². The number of halogens is 1. The molecule has 0 spiro atoms. The zero-order valence-electron chi connectivity index (χ0n) is 23.9. The molecule has 10 rings (SSSR count). The minimum absolute atomic E-state index is 0.335. The quantitative estimate of drug-likeness (QED) is 0.179. The van der Waals surface area contributed by atoms with Gasteiger partial charge in [-0.2, -0.15) is 0 Å². The Balaban J connectivity index is 1.47. The summed E-state index contributed by atoms with van der Waals surface area (Å²) < 4.78 is 2.51. The fourth-order valence-corrected chi connectivity index (χ4v) is 8.41. The van der Waals surface area contributed by atoms with Gasteiger partial charge >= 0.3 is 0 Å². The van der Waals surface area contributed by atoms with E-state index in [9.17, 15) is 0 Å². The molecule has 2 heteroatoms. The smallest absolute Gasteiger partial charge is 0.0563 e. The Morgan fingerprint density at radius 2 is 1.34 bits per heavy atom. The van der Waals surface area contributed by atoms with Gasteiger partial charge < -0.3 is 4.57 Å². The van der Waals surface area contributed by atoms with Crippen molar-refractivity contribution in [2.75, 3.05) is 0 Å². The molecule has 0 fully saturated rings. The summed E-state index contributed by atoms with van der Waals surface area (Å²) in [7, 11) is 0. The van der Waals surface area contributed by atoms with Gasteiger partial charge in [-0.25, -0.2) is 0 Å². The molecule has 1 unspecified atom stereocenters. The molecule has 2 aliphatic rings. The van der Waals surface area contributed by atoms with Gasteiger partial charge in [-0.15, -0.1) is 0 Å². The highest BCUT2D eigenvalue weighted by atomic mass is 35.5. The first-order valence-corrected chi connectivity index (χ1v) is 15.7. The van der Waals surface area contributed by atoms with Crippen LogP contribution in [0.1, 0.15) is 17.9 Å². The van der Waals surface area contributed by atoms with Crippen LogP contribution in [-0.2, 0) is 0 Å². The number of rotatable bonds is 2. The summed E-state index contributed by atoms with van der Waals surface area (Å²) in [5.74, 6) is 0.335. The molecule has 1 atom stereocenters. The molecule has 8 aromatic rings. The molecule has 0 amide bonds. The Hall–Kier alpha value is -5.11. The SMILES string of the molecule is Clc1c2ccccc2c2c3c1ccc1c3c3c(cccc3n1-c1ccccc1C1C=CC=CC1)-c1ccc3ccccc3c1-2. The van der Waals surface area contributed by atoms with Gasteiger partial charge in [0.1, 0.15) is 0 Å². The maximum Gasteiger partial charge on any atom is 0.0563 e. The number of allylic oxidation sites excluding steroid dienone is 4. The Kier molecular flexibility index (Phi) is 4.95. The number of aromatic nitrogens is 1. The van der Waals surface area contributed by atoms with Crippen LogP contribution >= 0.6 is 11.6 Å². The van der Waals surface area contributed by atoms with E-state index in [1.807, 2.05) is 0 Å². The van der Waals surface area contributed by atoms with Crippen molar-refractivity contribution in [2.45, 2.75) is 12.3 Å². The van der Waals surface area contributed by atoms with Crippen molar-refractivity contribution >= 4 is 65.7 Å². The van der Waals surface area contributed by atoms with Crippen LogP contribution in [0.2, 0.25) is 5.02 Å². The summed E-state index contributed by atoms with van der Waals surface area (Å²) in [5, 5.41) is 10.6. The fourth-order valence-electron chi connectivity index (χ4n) is 8.09. The van der Waals surface area contributed by atoms with Crippen molar-refractivity contribution < 1.29 is 0 Å². The molecular formula is C42H26ClN.